The van der Waals surface area contributed by atoms with Crippen LogP contribution in [-0.4, -0.2) is 63.1 Å². The summed E-state index contributed by atoms with van der Waals surface area (Å²) in [5, 5.41) is 18.7. The van der Waals surface area contributed by atoms with Gasteiger partial charge in [-0.3, -0.25) is 19.4 Å². The fourth-order valence-corrected chi connectivity index (χ4v) is 7.07. The van der Waals surface area contributed by atoms with Crippen LogP contribution in [0.2, 0.25) is 0 Å². The number of alkyl halides is 3. The Bertz CT molecular complexity index is 1480. The zero-order valence-corrected chi connectivity index (χ0v) is 25.8. The molecule has 1 aliphatic carbocycles. The van der Waals surface area contributed by atoms with E-state index in [4.69, 9.17) is 10.00 Å². The minimum absolute atomic E-state index is 0.103. The fourth-order valence-electron chi connectivity index (χ4n) is 6.41. The van der Waals surface area contributed by atoms with Gasteiger partial charge < -0.3 is 14.7 Å². The maximum Gasteiger partial charge on any atom is 0.419 e. The number of amides is 1. The number of aromatic nitrogens is 1. The Hall–Kier alpha value is -3.50. The van der Waals surface area contributed by atoms with E-state index in [-0.39, 0.29) is 5.69 Å². The lowest BCUT2D eigenvalue weighted by Gasteiger charge is -2.36. The van der Waals surface area contributed by atoms with Crippen LogP contribution in [-0.2, 0) is 22.2 Å². The van der Waals surface area contributed by atoms with Crippen molar-refractivity contribution in [2.75, 3.05) is 29.5 Å². The van der Waals surface area contributed by atoms with Gasteiger partial charge in [0.05, 0.1) is 24.1 Å². The molecule has 1 saturated carbocycles. The smallest absolute Gasteiger partial charge is 0.419 e. The summed E-state index contributed by atoms with van der Waals surface area (Å²) in [5.41, 5.74) is -3.24. The molecule has 1 amide bonds. The number of likely N-dealkylation sites (tertiary alicyclic amines) is 1. The number of pyridine rings is 1. The van der Waals surface area contributed by atoms with E-state index in [9.17, 15) is 27.9 Å². The highest BCUT2D eigenvalue weighted by molar-refractivity contribution is 7.81. The zero-order chi connectivity index (χ0) is 32.0. The highest BCUT2D eigenvalue weighted by atomic mass is 32.1. The lowest BCUT2D eigenvalue weighted by molar-refractivity contribution is -0.146. The summed E-state index contributed by atoms with van der Waals surface area (Å²) in [7, 11) is 0. The van der Waals surface area contributed by atoms with Crippen LogP contribution in [0.5, 0.6) is 5.75 Å². The van der Waals surface area contributed by atoms with Crippen LogP contribution in [0.3, 0.4) is 0 Å². The van der Waals surface area contributed by atoms with Gasteiger partial charge in [0, 0.05) is 5.69 Å². The molecule has 9 nitrogen and oxygen atoms in total. The lowest BCUT2D eigenvalue weighted by Crippen LogP contribution is -2.47. The number of nitrogens with zero attached hydrogens (tertiary/aromatic N) is 5. The summed E-state index contributed by atoms with van der Waals surface area (Å²) in [6.45, 7) is 7.45. The molecule has 2 aliphatic heterocycles. The van der Waals surface area contributed by atoms with Gasteiger partial charge in [-0.15, -0.1) is 12.6 Å². The normalized spacial score (nSPS) is 21.8. The number of thiol groups is 1. The van der Waals surface area contributed by atoms with Crippen molar-refractivity contribution in [3.05, 3.63) is 47.3 Å². The molecule has 0 bridgehead atoms. The Morgan fingerprint density at radius 3 is 2.45 bits per heavy atom. The maximum absolute atomic E-state index is 13.6. The van der Waals surface area contributed by atoms with E-state index in [0.29, 0.717) is 24.6 Å². The summed E-state index contributed by atoms with van der Waals surface area (Å²) in [6, 6.07) is 7.79. The second-order valence-electron chi connectivity index (χ2n) is 12.2. The van der Waals surface area contributed by atoms with E-state index < -0.39 is 45.9 Å². The first-order chi connectivity index (χ1) is 20.7. The average molecular weight is 632 g/mol. The Morgan fingerprint density at radius 2 is 1.89 bits per heavy atom. The van der Waals surface area contributed by atoms with E-state index in [1.165, 1.54) is 6.07 Å². The van der Waals surface area contributed by atoms with Crippen LogP contribution >= 0.6 is 12.6 Å². The highest BCUT2D eigenvalue weighted by Crippen LogP contribution is 2.45. The number of aryl methyl sites for hydroxylation is 1. The lowest BCUT2D eigenvalue weighted by atomic mass is 9.92. The van der Waals surface area contributed by atoms with Crippen LogP contribution in [0, 0.1) is 17.2 Å². The van der Waals surface area contributed by atoms with Crippen LogP contribution in [0.4, 0.5) is 24.5 Å². The molecule has 3 heterocycles. The molecule has 1 N–H and O–H groups in total. The number of anilines is 2. The predicted molar refractivity (Wildman–Crippen MR) is 161 cm³/mol. The third kappa shape index (κ3) is 5.70. The van der Waals surface area contributed by atoms with Crippen LogP contribution in [0.1, 0.15) is 69.7 Å². The number of piperidine rings is 1. The molecule has 13 heteroatoms. The second-order valence-corrected chi connectivity index (χ2v) is 12.7. The van der Waals surface area contributed by atoms with Gasteiger partial charge in [-0.2, -0.15) is 18.4 Å². The Morgan fingerprint density at radius 1 is 1.20 bits per heavy atom. The molecule has 44 heavy (non-hydrogen) atoms. The predicted octanol–water partition coefficient (Wildman–Crippen LogP) is 5.48. The third-order valence-corrected chi connectivity index (χ3v) is 9.66. The summed E-state index contributed by atoms with van der Waals surface area (Å²) in [6.07, 6.45) is 1.11. The van der Waals surface area contributed by atoms with Crippen LogP contribution in [0.25, 0.3) is 0 Å². The van der Waals surface area contributed by atoms with Crippen molar-refractivity contribution in [3.63, 3.8) is 0 Å². The number of ether oxygens (including phenoxy) is 1. The van der Waals surface area contributed by atoms with Crippen molar-refractivity contribution in [3.8, 4) is 11.8 Å². The zero-order valence-electron chi connectivity index (χ0n) is 24.9. The van der Waals surface area contributed by atoms with Gasteiger partial charge in [-0.1, -0.05) is 6.92 Å². The molecule has 3 fully saturated rings. The maximum atomic E-state index is 13.6. The Labute approximate surface area is 260 Å². The number of carboxylic acid groups (broad SMARTS) is 1. The van der Waals surface area contributed by atoms with Gasteiger partial charge >= 0.3 is 12.1 Å². The van der Waals surface area contributed by atoms with Gasteiger partial charge in [0.2, 0.25) is 0 Å². The topological polar surface area (TPSA) is 110 Å². The number of nitriles is 1. The van der Waals surface area contributed by atoms with Crippen molar-refractivity contribution in [1.82, 2.24) is 9.88 Å². The molecular formula is C31H36F3N5O4S. The number of carbonyl (C=O) groups is 2. The molecule has 5 rings (SSSR count). The number of halogens is 3. The van der Waals surface area contributed by atoms with E-state index >= 15 is 0 Å². The molecule has 2 aromatic rings. The number of rotatable bonds is 9. The van der Waals surface area contributed by atoms with E-state index in [1.807, 2.05) is 25.1 Å². The first-order valence-corrected chi connectivity index (χ1v) is 15.3. The SMILES string of the molecule is CCc1cc(N2C(S)N(c3cnc(C#N)c(C(F)(F)F)c3)C(=O)C2(C)C)ccc1OCCC1CCN(C2(C(=O)O)CC2)CC1. The quantitative estimate of drug-likeness (QED) is 0.351. The monoisotopic (exact) mass is 631 g/mol. The molecule has 0 spiro atoms. The van der Waals surface area contributed by atoms with Crippen molar-refractivity contribution in [1.29, 1.82) is 5.26 Å². The van der Waals surface area contributed by atoms with Crippen molar-refractivity contribution >= 4 is 35.9 Å². The van der Waals surface area contributed by atoms with Crippen molar-refractivity contribution in [2.24, 2.45) is 5.92 Å². The molecule has 1 unspecified atom stereocenters. The second kappa shape index (κ2) is 11.8. The molecule has 3 aliphatic rings. The summed E-state index contributed by atoms with van der Waals surface area (Å²) in [5.74, 6) is 0.00782. The van der Waals surface area contributed by atoms with Crippen LogP contribution in [0.15, 0.2) is 30.5 Å². The van der Waals surface area contributed by atoms with Crippen molar-refractivity contribution < 1.29 is 32.6 Å². The molecule has 236 valence electrons. The molecule has 1 aromatic carbocycles. The fraction of sp³-hybridized carbons (Fsp3) is 0.548. The van der Waals surface area contributed by atoms with Gasteiger partial charge in [0.1, 0.15) is 22.9 Å². The third-order valence-electron chi connectivity index (χ3n) is 9.20. The standard InChI is InChI=1S/C31H36F3N5O4S/c1-4-20-15-21(5-6-25(20)43-14-9-19-7-12-37(13-8-19)30(10-11-30)27(41)42)39-28(44)38(26(40)29(39,2)3)22-16-23(31(32,33)34)24(17-35)36-18-22/h5-6,15-16,18-19,28,44H,4,7-14H2,1-3H3,(H,41,42). The van der Waals surface area contributed by atoms with E-state index in [2.05, 4.69) is 22.5 Å². The minimum Gasteiger partial charge on any atom is -0.493 e. The van der Waals surface area contributed by atoms with E-state index in [0.717, 1.165) is 73.7 Å². The van der Waals surface area contributed by atoms with Crippen LogP contribution < -0.4 is 14.5 Å². The molecular weight excluding hydrogens is 595 g/mol. The summed E-state index contributed by atoms with van der Waals surface area (Å²) in [4.78, 5) is 33.9. The first kappa shape index (κ1) is 31.9. The number of hydrogen-bond donors (Lipinski definition) is 2. The highest BCUT2D eigenvalue weighted by Gasteiger charge is 2.55. The summed E-state index contributed by atoms with van der Waals surface area (Å²) >= 11 is 4.67. The van der Waals surface area contributed by atoms with Gasteiger partial charge in [-0.05, 0) is 101 Å². The van der Waals surface area contributed by atoms with E-state index in [1.54, 1.807) is 18.7 Å². The number of carbonyl (C=O) groups excluding carboxylic acids is 1. The number of hydrogen-bond acceptors (Lipinski definition) is 8. The van der Waals surface area contributed by atoms with Crippen molar-refractivity contribution in [2.45, 2.75) is 82.0 Å². The largest absolute Gasteiger partial charge is 0.493 e. The number of benzene rings is 1. The van der Waals surface area contributed by atoms with Gasteiger partial charge in [0.25, 0.3) is 5.91 Å². The molecule has 1 aromatic heterocycles. The molecule has 2 saturated heterocycles. The minimum atomic E-state index is -4.82. The molecule has 0 radical (unpaired) electrons. The van der Waals surface area contributed by atoms with Gasteiger partial charge in [-0.25, -0.2) is 4.98 Å². The summed E-state index contributed by atoms with van der Waals surface area (Å²) < 4.78 is 47.1. The Kier molecular flexibility index (Phi) is 8.54. The number of carboxylic acids is 1. The Balaban J connectivity index is 1.27. The first-order valence-electron chi connectivity index (χ1n) is 14.8. The number of aliphatic carboxylic acids is 1. The van der Waals surface area contributed by atoms with Gasteiger partial charge in [0.15, 0.2) is 11.2 Å². The molecule has 1 atom stereocenters. The average Bonchev–Trinajstić information content (AvgIpc) is 3.77.